The van der Waals surface area contributed by atoms with Crippen molar-refractivity contribution in [1.29, 1.82) is 0 Å². The Morgan fingerprint density at radius 1 is 1.00 bits per heavy atom. The van der Waals surface area contributed by atoms with Crippen LogP contribution in [0.1, 0.15) is 53.4 Å². The molecule has 0 atom stereocenters. The third-order valence-electron chi connectivity index (χ3n) is 1.53. The minimum Gasteiger partial charge on any atom is -0.344 e. The van der Waals surface area contributed by atoms with Gasteiger partial charge in [-0.3, -0.25) is 0 Å². The highest BCUT2D eigenvalue weighted by Gasteiger charge is 2.07. The van der Waals surface area contributed by atoms with E-state index >= 15 is 0 Å². The Labute approximate surface area is 65.8 Å². The van der Waals surface area contributed by atoms with Crippen LogP contribution in [0.25, 0.3) is 0 Å². The molecule has 0 fully saturated rings. The molecule has 0 aromatic carbocycles. The number of hydrogen-bond acceptors (Lipinski definition) is 1. The van der Waals surface area contributed by atoms with Crippen molar-refractivity contribution in [3.05, 3.63) is 0 Å². The van der Waals surface area contributed by atoms with Gasteiger partial charge in [0.2, 0.25) is 0 Å². The third-order valence-corrected chi connectivity index (χ3v) is 1.53. The summed E-state index contributed by atoms with van der Waals surface area (Å²) >= 11 is 0. The molecule has 1 nitrogen and oxygen atoms in total. The molecule has 0 spiro atoms. The molecular formula is C9H23N. The third kappa shape index (κ3) is 10.9. The molecule has 3 N–H and O–H groups in total. The fourth-order valence-electron chi connectivity index (χ4n) is 0.905. The van der Waals surface area contributed by atoms with Crippen LogP contribution >= 0.6 is 0 Å². The van der Waals surface area contributed by atoms with Gasteiger partial charge in [-0.15, -0.1) is 0 Å². The molecule has 0 bridgehead atoms. The number of hydrogen-bond donors (Lipinski definition) is 1. The standard InChI is InChI=1S/C9H20.H3N/c1-5-6-7-8-9(2,3)4;/h5-8H2,1-4H3;1H3. The summed E-state index contributed by atoms with van der Waals surface area (Å²) in [7, 11) is 0. The van der Waals surface area contributed by atoms with Gasteiger partial charge in [0.1, 0.15) is 0 Å². The Morgan fingerprint density at radius 2 is 1.50 bits per heavy atom. The Kier molecular flexibility index (Phi) is 7.22. The fraction of sp³-hybridized carbons (Fsp3) is 1.00. The predicted molar refractivity (Wildman–Crippen MR) is 48.6 cm³/mol. The van der Waals surface area contributed by atoms with E-state index in [-0.39, 0.29) is 6.15 Å². The lowest BCUT2D eigenvalue weighted by atomic mass is 9.90. The topological polar surface area (TPSA) is 35.0 Å². The fourth-order valence-corrected chi connectivity index (χ4v) is 0.905. The highest BCUT2D eigenvalue weighted by molar-refractivity contribution is 4.60. The summed E-state index contributed by atoms with van der Waals surface area (Å²) in [6, 6.07) is 0. The summed E-state index contributed by atoms with van der Waals surface area (Å²) in [6.07, 6.45) is 5.52. The quantitative estimate of drug-likeness (QED) is 0.603. The molecule has 0 saturated heterocycles. The van der Waals surface area contributed by atoms with Crippen molar-refractivity contribution in [3.63, 3.8) is 0 Å². The van der Waals surface area contributed by atoms with Crippen LogP contribution < -0.4 is 6.15 Å². The highest BCUT2D eigenvalue weighted by atomic mass is 14.1. The average molecular weight is 145 g/mol. The van der Waals surface area contributed by atoms with Crippen LogP contribution in [0, 0.1) is 5.41 Å². The first-order valence-corrected chi connectivity index (χ1v) is 4.06. The van der Waals surface area contributed by atoms with Crippen molar-refractivity contribution in [1.82, 2.24) is 6.15 Å². The molecule has 1 heteroatoms. The normalized spacial score (nSPS) is 10.8. The van der Waals surface area contributed by atoms with E-state index in [1.54, 1.807) is 0 Å². The van der Waals surface area contributed by atoms with Crippen molar-refractivity contribution in [3.8, 4) is 0 Å². The summed E-state index contributed by atoms with van der Waals surface area (Å²) in [5, 5.41) is 0. The molecule has 64 valence electrons. The summed E-state index contributed by atoms with van der Waals surface area (Å²) < 4.78 is 0. The van der Waals surface area contributed by atoms with Crippen molar-refractivity contribution in [2.24, 2.45) is 5.41 Å². The van der Waals surface area contributed by atoms with Crippen LogP contribution in [-0.4, -0.2) is 0 Å². The molecule has 0 aromatic rings. The molecule has 0 rings (SSSR count). The van der Waals surface area contributed by atoms with Crippen molar-refractivity contribution in [2.45, 2.75) is 53.4 Å². The second kappa shape index (κ2) is 5.72. The zero-order chi connectivity index (χ0) is 7.33. The Morgan fingerprint density at radius 3 is 1.80 bits per heavy atom. The summed E-state index contributed by atoms with van der Waals surface area (Å²) in [4.78, 5) is 0. The van der Waals surface area contributed by atoms with E-state index in [2.05, 4.69) is 27.7 Å². The molecule has 0 saturated carbocycles. The molecule has 10 heavy (non-hydrogen) atoms. The Hall–Kier alpha value is -0.0400. The second-order valence-electron chi connectivity index (χ2n) is 4.02. The lowest BCUT2D eigenvalue weighted by Crippen LogP contribution is -2.03. The van der Waals surface area contributed by atoms with Crippen LogP contribution in [0.3, 0.4) is 0 Å². The Balaban J connectivity index is 0. The molecule has 0 aromatic heterocycles. The highest BCUT2D eigenvalue weighted by Crippen LogP contribution is 2.21. The smallest absolute Gasteiger partial charge is 0.0383 e. The molecule has 0 radical (unpaired) electrons. The van der Waals surface area contributed by atoms with E-state index in [1.807, 2.05) is 0 Å². The van der Waals surface area contributed by atoms with Crippen LogP contribution in [0.15, 0.2) is 0 Å². The van der Waals surface area contributed by atoms with Gasteiger partial charge in [0.15, 0.2) is 0 Å². The largest absolute Gasteiger partial charge is 0.344 e. The van der Waals surface area contributed by atoms with Gasteiger partial charge in [-0.2, -0.15) is 0 Å². The van der Waals surface area contributed by atoms with Crippen LogP contribution in [0.4, 0.5) is 0 Å². The van der Waals surface area contributed by atoms with Crippen molar-refractivity contribution >= 4 is 0 Å². The van der Waals surface area contributed by atoms with E-state index in [0.717, 1.165) is 0 Å². The molecular weight excluding hydrogens is 122 g/mol. The average Bonchev–Trinajstić information content (AvgIpc) is 1.63. The summed E-state index contributed by atoms with van der Waals surface area (Å²) in [6.45, 7) is 9.18. The molecule has 0 aliphatic heterocycles. The monoisotopic (exact) mass is 145 g/mol. The lowest BCUT2D eigenvalue weighted by Gasteiger charge is -2.16. The van der Waals surface area contributed by atoms with Crippen LogP contribution in [0.2, 0.25) is 0 Å². The van der Waals surface area contributed by atoms with Gasteiger partial charge in [0.25, 0.3) is 0 Å². The van der Waals surface area contributed by atoms with E-state index in [4.69, 9.17) is 0 Å². The molecule has 0 unspecified atom stereocenters. The van der Waals surface area contributed by atoms with Gasteiger partial charge in [-0.1, -0.05) is 47.0 Å². The zero-order valence-electron chi connectivity index (χ0n) is 8.04. The summed E-state index contributed by atoms with van der Waals surface area (Å²) in [5.41, 5.74) is 0.551. The van der Waals surface area contributed by atoms with Gasteiger partial charge in [-0.25, -0.2) is 0 Å². The first kappa shape index (κ1) is 12.6. The summed E-state index contributed by atoms with van der Waals surface area (Å²) in [5.74, 6) is 0. The van der Waals surface area contributed by atoms with Gasteiger partial charge < -0.3 is 6.15 Å². The Bertz CT molecular complexity index is 61.6. The van der Waals surface area contributed by atoms with E-state index in [1.165, 1.54) is 25.7 Å². The molecule has 0 aliphatic carbocycles. The van der Waals surface area contributed by atoms with Gasteiger partial charge in [-0.05, 0) is 11.8 Å². The predicted octanol–water partition coefficient (Wildman–Crippen LogP) is 3.77. The minimum atomic E-state index is 0. The van der Waals surface area contributed by atoms with Crippen LogP contribution in [0.5, 0.6) is 0 Å². The van der Waals surface area contributed by atoms with Gasteiger partial charge in [0.05, 0.1) is 0 Å². The molecule has 0 amide bonds. The van der Waals surface area contributed by atoms with Gasteiger partial charge >= 0.3 is 0 Å². The van der Waals surface area contributed by atoms with E-state index < -0.39 is 0 Å². The SMILES string of the molecule is CCCCCC(C)(C)C.N. The lowest BCUT2D eigenvalue weighted by molar-refractivity contribution is 0.359. The first-order chi connectivity index (χ1) is 4.06. The van der Waals surface area contributed by atoms with Crippen molar-refractivity contribution in [2.75, 3.05) is 0 Å². The first-order valence-electron chi connectivity index (χ1n) is 4.06. The zero-order valence-corrected chi connectivity index (χ0v) is 8.04. The maximum absolute atomic E-state index is 2.31. The number of unbranched alkanes of at least 4 members (excludes halogenated alkanes) is 2. The molecule has 0 aliphatic rings. The maximum atomic E-state index is 2.31. The maximum Gasteiger partial charge on any atom is -0.0383 e. The van der Waals surface area contributed by atoms with Crippen molar-refractivity contribution < 1.29 is 0 Å². The van der Waals surface area contributed by atoms with E-state index in [0.29, 0.717) is 5.41 Å². The van der Waals surface area contributed by atoms with Gasteiger partial charge in [0, 0.05) is 0 Å². The minimum absolute atomic E-state index is 0. The van der Waals surface area contributed by atoms with E-state index in [9.17, 15) is 0 Å². The second-order valence-corrected chi connectivity index (χ2v) is 4.02. The number of rotatable bonds is 3. The molecule has 0 heterocycles. The van der Waals surface area contributed by atoms with Crippen LogP contribution in [-0.2, 0) is 0 Å².